The second-order valence-electron chi connectivity index (χ2n) is 5.79. The minimum Gasteiger partial charge on any atom is -0.459 e. The van der Waals surface area contributed by atoms with Crippen LogP contribution >= 0.6 is 11.6 Å². The van der Waals surface area contributed by atoms with Crippen LogP contribution in [0.15, 0.2) is 44.5 Å². The first-order chi connectivity index (χ1) is 11.9. The van der Waals surface area contributed by atoms with Crippen molar-refractivity contribution >= 4 is 32.4 Å². The Kier molecular flexibility index (Phi) is 3.82. The average Bonchev–Trinajstić information content (AvgIpc) is 2.97. The largest absolute Gasteiger partial charge is 0.459 e. The van der Waals surface area contributed by atoms with Crippen LogP contribution < -0.4 is 5.32 Å². The third-order valence-corrected chi connectivity index (χ3v) is 6.26. The van der Waals surface area contributed by atoms with E-state index in [4.69, 9.17) is 16.0 Å². The fraction of sp³-hybridized carbons (Fsp3) is 0.176. The van der Waals surface area contributed by atoms with Crippen molar-refractivity contribution in [3.05, 3.63) is 58.3 Å². The van der Waals surface area contributed by atoms with Gasteiger partial charge in [-0.25, -0.2) is 17.2 Å². The third-order valence-electron chi connectivity index (χ3n) is 4.25. The van der Waals surface area contributed by atoms with Gasteiger partial charge in [-0.15, -0.1) is 0 Å². The number of nitrogens with one attached hydrogen (secondary N) is 1. The summed E-state index contributed by atoms with van der Waals surface area (Å²) in [6, 6.07) is 5.20. The molecule has 0 atom stereocenters. The van der Waals surface area contributed by atoms with Gasteiger partial charge in [-0.2, -0.15) is 0 Å². The summed E-state index contributed by atoms with van der Waals surface area (Å²) in [6.45, 7) is 1.32. The highest BCUT2D eigenvalue weighted by Crippen LogP contribution is 2.36. The van der Waals surface area contributed by atoms with Crippen LogP contribution in [0.3, 0.4) is 0 Å². The lowest BCUT2D eigenvalue weighted by atomic mass is 10.1. The lowest BCUT2D eigenvalue weighted by Crippen LogP contribution is -2.22. The zero-order valence-corrected chi connectivity index (χ0v) is 14.3. The minimum absolute atomic E-state index is 0.0924. The second-order valence-corrected chi connectivity index (χ2v) is 8.15. The molecule has 0 unspecified atom stereocenters. The zero-order chi connectivity index (χ0) is 17.8. The highest BCUT2D eigenvalue weighted by Gasteiger charge is 2.25. The molecule has 2 heterocycles. The predicted molar refractivity (Wildman–Crippen MR) is 88.4 cm³/mol. The molecule has 0 bridgehead atoms. The van der Waals surface area contributed by atoms with E-state index in [-0.39, 0.29) is 14.8 Å². The molecule has 0 spiro atoms. The number of rotatable bonds is 2. The van der Waals surface area contributed by atoms with Crippen LogP contribution in [0.25, 0.3) is 11.0 Å². The molecule has 1 aliphatic heterocycles. The Balaban J connectivity index is 1.92. The monoisotopic (exact) mass is 383 g/mol. The molecule has 0 aliphatic carbocycles. The maximum Gasteiger partial charge on any atom is 0.206 e. The number of sulfone groups is 1. The fourth-order valence-electron chi connectivity index (χ4n) is 2.98. The Morgan fingerprint density at radius 1 is 1.08 bits per heavy atom. The molecule has 130 valence electrons. The van der Waals surface area contributed by atoms with Gasteiger partial charge in [0, 0.05) is 30.5 Å². The van der Waals surface area contributed by atoms with Gasteiger partial charge >= 0.3 is 0 Å². The summed E-state index contributed by atoms with van der Waals surface area (Å²) >= 11 is 6.22. The first kappa shape index (κ1) is 16.5. The summed E-state index contributed by atoms with van der Waals surface area (Å²) in [4.78, 5) is -0.428. The van der Waals surface area contributed by atoms with Crippen LogP contribution in [-0.2, 0) is 22.8 Å². The smallest absolute Gasteiger partial charge is 0.206 e. The molecule has 1 N–H and O–H groups in total. The van der Waals surface area contributed by atoms with Crippen molar-refractivity contribution < 1.29 is 21.6 Å². The molecule has 1 aromatic heterocycles. The molecule has 3 aromatic rings. The molecule has 8 heteroatoms. The summed E-state index contributed by atoms with van der Waals surface area (Å²) in [6.07, 6.45) is 0.686. The second kappa shape index (κ2) is 5.79. The minimum atomic E-state index is -4.05. The van der Waals surface area contributed by atoms with Crippen LogP contribution in [0, 0.1) is 11.6 Å². The first-order valence-corrected chi connectivity index (χ1v) is 9.38. The van der Waals surface area contributed by atoms with E-state index in [2.05, 4.69) is 5.32 Å². The van der Waals surface area contributed by atoms with E-state index >= 15 is 0 Å². The van der Waals surface area contributed by atoms with E-state index in [1.165, 1.54) is 12.1 Å². The summed E-state index contributed by atoms with van der Waals surface area (Å²) in [5.74, 6) is -1.56. The number of halogens is 3. The number of hydrogen-bond donors (Lipinski definition) is 1. The Morgan fingerprint density at radius 3 is 2.64 bits per heavy atom. The van der Waals surface area contributed by atoms with E-state index in [1.807, 2.05) is 0 Å². The third kappa shape index (κ3) is 2.63. The summed E-state index contributed by atoms with van der Waals surface area (Å²) in [7, 11) is -4.05. The molecular formula is C17H12ClF2NO3S. The van der Waals surface area contributed by atoms with Gasteiger partial charge in [0.25, 0.3) is 0 Å². The quantitative estimate of drug-likeness (QED) is 0.683. The van der Waals surface area contributed by atoms with Gasteiger partial charge in [-0.3, -0.25) is 0 Å². The van der Waals surface area contributed by atoms with Crippen molar-refractivity contribution in [1.82, 2.24) is 5.32 Å². The maximum atomic E-state index is 13.4. The van der Waals surface area contributed by atoms with Crippen LogP contribution in [-0.4, -0.2) is 15.0 Å². The predicted octanol–water partition coefficient (Wildman–Crippen LogP) is 3.84. The van der Waals surface area contributed by atoms with Crippen LogP contribution in [0.4, 0.5) is 8.78 Å². The van der Waals surface area contributed by atoms with E-state index in [9.17, 15) is 17.2 Å². The van der Waals surface area contributed by atoms with Crippen molar-refractivity contribution in [2.75, 3.05) is 6.54 Å². The average molecular weight is 384 g/mol. The Morgan fingerprint density at radius 2 is 1.88 bits per heavy atom. The van der Waals surface area contributed by atoms with Gasteiger partial charge in [0.2, 0.25) is 9.84 Å². The van der Waals surface area contributed by atoms with E-state index in [0.717, 1.165) is 30.0 Å². The number of benzene rings is 2. The van der Waals surface area contributed by atoms with Gasteiger partial charge in [0.05, 0.1) is 14.8 Å². The molecule has 0 saturated carbocycles. The van der Waals surface area contributed by atoms with E-state index in [0.29, 0.717) is 30.0 Å². The van der Waals surface area contributed by atoms with Crippen molar-refractivity contribution in [2.24, 2.45) is 0 Å². The molecule has 1 aliphatic rings. The fourth-order valence-corrected chi connectivity index (χ4v) is 4.62. The SMILES string of the molecule is O=S(=O)(c1ccc(F)c(F)c1)c1cc(Cl)c2oc3c(c2c1)CNCC3. The van der Waals surface area contributed by atoms with Gasteiger partial charge in [-0.05, 0) is 30.3 Å². The van der Waals surface area contributed by atoms with E-state index in [1.54, 1.807) is 0 Å². The normalized spacial score (nSPS) is 14.7. The summed E-state index contributed by atoms with van der Waals surface area (Å²) in [5, 5.41) is 3.97. The Bertz CT molecular complexity index is 1110. The highest BCUT2D eigenvalue weighted by molar-refractivity contribution is 7.91. The molecule has 0 fully saturated rings. The van der Waals surface area contributed by atoms with Crippen molar-refractivity contribution in [3.8, 4) is 0 Å². The number of fused-ring (bicyclic) bond motifs is 3. The maximum absolute atomic E-state index is 13.4. The van der Waals surface area contributed by atoms with E-state index < -0.39 is 21.5 Å². The first-order valence-electron chi connectivity index (χ1n) is 7.52. The molecule has 4 rings (SSSR count). The summed E-state index contributed by atoms with van der Waals surface area (Å²) < 4.78 is 57.9. The lowest BCUT2D eigenvalue weighted by molar-refractivity contribution is 0.500. The standard InChI is InChI=1S/C17H12ClF2NO3S/c18-13-6-10(25(22,23)9-1-2-14(19)15(20)7-9)5-11-12-8-21-4-3-16(12)24-17(11)13/h1-2,5-7,21H,3-4,8H2. The highest BCUT2D eigenvalue weighted by atomic mass is 35.5. The van der Waals surface area contributed by atoms with Crippen LogP contribution in [0.5, 0.6) is 0 Å². The van der Waals surface area contributed by atoms with Crippen LogP contribution in [0.2, 0.25) is 5.02 Å². The van der Waals surface area contributed by atoms with Crippen LogP contribution in [0.1, 0.15) is 11.3 Å². The van der Waals surface area contributed by atoms with Gasteiger partial charge in [-0.1, -0.05) is 11.6 Å². The number of hydrogen-bond acceptors (Lipinski definition) is 4. The molecule has 25 heavy (non-hydrogen) atoms. The Hall–Kier alpha value is -1.96. The topological polar surface area (TPSA) is 59.3 Å². The molecule has 2 aromatic carbocycles. The molecule has 0 radical (unpaired) electrons. The molecule has 0 amide bonds. The summed E-state index contributed by atoms with van der Waals surface area (Å²) in [5.41, 5.74) is 1.30. The van der Waals surface area contributed by atoms with Crippen molar-refractivity contribution in [3.63, 3.8) is 0 Å². The Labute approximate surface area is 147 Å². The van der Waals surface area contributed by atoms with Gasteiger partial charge < -0.3 is 9.73 Å². The molecular weight excluding hydrogens is 372 g/mol. The zero-order valence-electron chi connectivity index (χ0n) is 12.8. The molecule has 0 saturated heterocycles. The van der Waals surface area contributed by atoms with Gasteiger partial charge in [0.15, 0.2) is 17.2 Å². The van der Waals surface area contributed by atoms with Gasteiger partial charge in [0.1, 0.15) is 5.76 Å². The van der Waals surface area contributed by atoms with Crippen molar-refractivity contribution in [1.29, 1.82) is 0 Å². The molecule has 4 nitrogen and oxygen atoms in total. The van der Waals surface area contributed by atoms with Crippen molar-refractivity contribution in [2.45, 2.75) is 22.8 Å². The lowest BCUT2D eigenvalue weighted by Gasteiger charge is -2.11. The number of furan rings is 1.